The molecule has 4 heteroatoms. The van der Waals surface area contributed by atoms with Crippen LogP contribution in [0.25, 0.3) is 11.1 Å². The second-order valence-corrected chi connectivity index (χ2v) is 9.33. The molecule has 2 aromatic carbocycles. The van der Waals surface area contributed by atoms with Gasteiger partial charge in [0, 0.05) is 32.7 Å². The fraction of sp³-hybridized carbons (Fsp3) is 0.364. The Morgan fingerprint density at radius 3 is 1.92 bits per heavy atom. The summed E-state index contributed by atoms with van der Waals surface area (Å²) in [7, 11) is 0. The first-order valence-electron chi connectivity index (χ1n) is 8.63. The van der Waals surface area contributed by atoms with E-state index in [1.807, 2.05) is 6.26 Å². The first-order valence-corrected chi connectivity index (χ1v) is 11.4. The van der Waals surface area contributed by atoms with Crippen molar-refractivity contribution in [3.63, 3.8) is 0 Å². The van der Waals surface area contributed by atoms with Gasteiger partial charge in [-0.1, -0.05) is 57.5 Å². The van der Waals surface area contributed by atoms with Gasteiger partial charge in [0.05, 0.1) is 0 Å². The maximum absolute atomic E-state index is 6.32. The minimum atomic E-state index is -0.745. The Bertz CT molecular complexity index is 864. The lowest BCUT2D eigenvalue weighted by atomic mass is 9.91. The number of aryl methyl sites for hydroxylation is 2. The second-order valence-electron chi connectivity index (χ2n) is 7.12. The summed E-state index contributed by atoms with van der Waals surface area (Å²) in [6, 6.07) is 8.82. The van der Waals surface area contributed by atoms with Crippen molar-refractivity contribution >= 4 is 43.9 Å². The quantitative estimate of drug-likeness (QED) is 0.325. The van der Waals surface area contributed by atoms with Crippen molar-refractivity contribution in [1.82, 2.24) is 0 Å². The summed E-state index contributed by atoms with van der Waals surface area (Å²) >= 11 is 8.76. The Morgan fingerprint density at radius 2 is 1.50 bits per heavy atom. The van der Waals surface area contributed by atoms with Gasteiger partial charge in [-0.3, -0.25) is 4.18 Å². The van der Waals surface area contributed by atoms with Gasteiger partial charge in [0.25, 0.3) is 0 Å². The molecular formula is C22H22Br2OS. The fourth-order valence-electron chi connectivity index (χ4n) is 3.29. The molecule has 3 rings (SSSR count). The molecule has 0 amide bonds. The zero-order valence-electron chi connectivity index (χ0n) is 15.7. The molecule has 0 atom stereocenters. The van der Waals surface area contributed by atoms with Gasteiger partial charge in [-0.2, -0.15) is 0 Å². The van der Waals surface area contributed by atoms with E-state index >= 15 is 0 Å². The Hall–Kier alpha value is -0.730. The van der Waals surface area contributed by atoms with Gasteiger partial charge >= 0.3 is 0 Å². The molecule has 0 heterocycles. The van der Waals surface area contributed by atoms with Gasteiger partial charge in [-0.15, -0.1) is 0 Å². The first-order chi connectivity index (χ1) is 12.3. The normalized spacial score (nSPS) is 14.0. The van der Waals surface area contributed by atoms with Crippen LogP contribution in [0.1, 0.15) is 42.5 Å². The van der Waals surface area contributed by atoms with E-state index in [4.69, 9.17) is 4.18 Å². The highest BCUT2D eigenvalue weighted by molar-refractivity contribution is 9.10. The van der Waals surface area contributed by atoms with Crippen LogP contribution < -0.4 is 0 Å². The van der Waals surface area contributed by atoms with Crippen molar-refractivity contribution in [3.05, 3.63) is 55.5 Å². The third-order valence-corrected chi connectivity index (χ3v) is 6.75. The van der Waals surface area contributed by atoms with Crippen molar-refractivity contribution in [2.24, 2.45) is 5.92 Å². The van der Waals surface area contributed by atoms with Gasteiger partial charge < -0.3 is 0 Å². The van der Waals surface area contributed by atoms with Crippen LogP contribution in [0.4, 0.5) is 0 Å². The summed E-state index contributed by atoms with van der Waals surface area (Å²) < 4.78 is 8.48. The number of hydrogen-bond donors (Lipinski definition) is 0. The van der Waals surface area contributed by atoms with E-state index in [0.717, 1.165) is 26.5 Å². The summed E-state index contributed by atoms with van der Waals surface area (Å²) in [6.07, 6.45) is 2.81. The monoisotopic (exact) mass is 492 g/mol. The number of fused-ring (bicyclic) bond motifs is 3. The van der Waals surface area contributed by atoms with E-state index in [9.17, 15) is 0 Å². The zero-order chi connectivity index (χ0) is 19.1. The molecule has 0 spiro atoms. The van der Waals surface area contributed by atoms with Crippen LogP contribution in [-0.4, -0.2) is 6.26 Å². The third-order valence-electron chi connectivity index (χ3n) is 4.63. The van der Waals surface area contributed by atoms with Crippen molar-refractivity contribution in [2.45, 2.75) is 39.7 Å². The Kier molecular flexibility index (Phi) is 5.94. The Labute approximate surface area is 177 Å². The Balaban J connectivity index is 2.34. The van der Waals surface area contributed by atoms with Crippen LogP contribution in [0.2, 0.25) is 0 Å². The topological polar surface area (TPSA) is 9.23 Å². The minimum absolute atomic E-state index is 0.531. The highest BCUT2D eigenvalue weighted by Crippen LogP contribution is 2.53. The number of halogens is 2. The predicted octanol–water partition coefficient (Wildman–Crippen LogP) is 7.40. The maximum Gasteiger partial charge on any atom is 0.194 e. The molecule has 1 aliphatic rings. The van der Waals surface area contributed by atoms with Crippen LogP contribution in [-0.2, 0) is 9.78 Å². The number of benzene rings is 2. The Morgan fingerprint density at radius 1 is 1.00 bits per heavy atom. The van der Waals surface area contributed by atoms with Crippen LogP contribution in [0.5, 0.6) is 0 Å². The lowest BCUT2D eigenvalue weighted by molar-refractivity contribution is 0.221. The molecule has 0 fully saturated rings. The van der Waals surface area contributed by atoms with E-state index in [1.165, 1.54) is 34.3 Å². The highest BCUT2D eigenvalue weighted by Gasteiger charge is 2.44. The molecule has 0 unspecified atom stereocenters. The molecule has 0 bridgehead atoms. The average Bonchev–Trinajstić information content (AvgIpc) is 2.79. The van der Waals surface area contributed by atoms with E-state index in [1.54, 1.807) is 0 Å². The molecule has 0 saturated heterocycles. The van der Waals surface area contributed by atoms with Gasteiger partial charge in [-0.05, 0) is 78.3 Å². The van der Waals surface area contributed by atoms with Gasteiger partial charge in [0.2, 0.25) is 0 Å². The standard InChI is InChI=1S/C22H22Br2OS/c1-13(2)7-6-8-22(25-26-5)18-11-20(23)14(3)9-16(18)17-10-15(4)21(24)12-19(17)22/h9-13H,7H2,1-5H3. The van der Waals surface area contributed by atoms with Crippen LogP contribution in [0.15, 0.2) is 33.2 Å². The van der Waals surface area contributed by atoms with Crippen LogP contribution >= 0.6 is 43.9 Å². The molecule has 2 aromatic rings. The van der Waals surface area contributed by atoms with Gasteiger partial charge in [0.15, 0.2) is 5.60 Å². The summed E-state index contributed by atoms with van der Waals surface area (Å²) in [4.78, 5) is 0. The average molecular weight is 494 g/mol. The van der Waals surface area contributed by atoms with Crippen molar-refractivity contribution in [3.8, 4) is 23.0 Å². The summed E-state index contributed by atoms with van der Waals surface area (Å²) in [6.45, 7) is 8.62. The highest BCUT2D eigenvalue weighted by atomic mass is 79.9. The lowest BCUT2D eigenvalue weighted by Gasteiger charge is -2.25. The summed E-state index contributed by atoms with van der Waals surface area (Å²) in [5, 5.41) is 0. The molecule has 26 heavy (non-hydrogen) atoms. The largest absolute Gasteiger partial charge is 0.286 e. The molecule has 0 aliphatic heterocycles. The number of rotatable bonds is 3. The second kappa shape index (κ2) is 7.72. The molecular weight excluding hydrogens is 472 g/mol. The summed E-state index contributed by atoms with van der Waals surface area (Å²) in [5.74, 6) is 7.41. The molecule has 1 aliphatic carbocycles. The van der Waals surface area contributed by atoms with Crippen molar-refractivity contribution in [2.75, 3.05) is 6.26 Å². The first kappa shape index (κ1) is 20.0. The predicted molar refractivity (Wildman–Crippen MR) is 119 cm³/mol. The van der Waals surface area contributed by atoms with Gasteiger partial charge in [-0.25, -0.2) is 0 Å². The molecule has 0 N–H and O–H groups in total. The van der Waals surface area contributed by atoms with E-state index < -0.39 is 5.60 Å². The van der Waals surface area contributed by atoms with Crippen molar-refractivity contribution in [1.29, 1.82) is 0 Å². The molecule has 136 valence electrons. The summed E-state index contributed by atoms with van der Waals surface area (Å²) in [5.41, 5.74) is 6.34. The van der Waals surface area contributed by atoms with E-state index in [-0.39, 0.29) is 0 Å². The maximum atomic E-state index is 6.32. The van der Waals surface area contributed by atoms with Crippen molar-refractivity contribution < 1.29 is 4.18 Å². The van der Waals surface area contributed by atoms with E-state index in [0.29, 0.717) is 5.92 Å². The molecule has 0 aromatic heterocycles. The van der Waals surface area contributed by atoms with Crippen LogP contribution in [0.3, 0.4) is 0 Å². The molecule has 1 nitrogen and oxygen atoms in total. The third kappa shape index (κ3) is 3.40. The molecule has 0 radical (unpaired) electrons. The smallest absolute Gasteiger partial charge is 0.194 e. The zero-order valence-corrected chi connectivity index (χ0v) is 19.7. The SMILES string of the molecule is CSOC1(C#CCC(C)C)c2cc(Br)c(C)cc2-c2cc(C)c(Br)cc21. The fourth-order valence-corrected chi connectivity index (χ4v) is 4.44. The van der Waals surface area contributed by atoms with Crippen LogP contribution in [0, 0.1) is 31.6 Å². The number of hydrogen-bond acceptors (Lipinski definition) is 2. The minimum Gasteiger partial charge on any atom is -0.286 e. The van der Waals surface area contributed by atoms with Gasteiger partial charge in [0.1, 0.15) is 0 Å². The van der Waals surface area contributed by atoms with E-state index in [2.05, 4.69) is 95.7 Å². The molecule has 0 saturated carbocycles. The lowest BCUT2D eigenvalue weighted by Crippen LogP contribution is -2.24.